The van der Waals surface area contributed by atoms with Crippen LogP contribution < -0.4 is 10.2 Å². The third-order valence-electron chi connectivity index (χ3n) is 3.69. The van der Waals surface area contributed by atoms with Crippen molar-refractivity contribution in [3.63, 3.8) is 0 Å². The molecule has 1 N–H and O–H groups in total. The third-order valence-corrected chi connectivity index (χ3v) is 4.21. The van der Waals surface area contributed by atoms with Crippen molar-refractivity contribution >= 4 is 21.6 Å². The topological polar surface area (TPSA) is 15.3 Å². The molecule has 0 aliphatic carbocycles. The first-order valence-electron chi connectivity index (χ1n) is 7.35. The molecule has 0 aromatic heterocycles. The normalized spacial score (nSPS) is 12.2. The van der Waals surface area contributed by atoms with E-state index in [-0.39, 0.29) is 0 Å². The van der Waals surface area contributed by atoms with E-state index in [1.807, 2.05) is 0 Å². The molecule has 0 aliphatic heterocycles. The average molecular weight is 347 g/mol. The van der Waals surface area contributed by atoms with Gasteiger partial charge in [0.15, 0.2) is 0 Å². The van der Waals surface area contributed by atoms with Crippen LogP contribution in [0.5, 0.6) is 0 Å². The average Bonchev–Trinajstić information content (AvgIpc) is 2.50. The maximum absolute atomic E-state index is 3.64. The van der Waals surface area contributed by atoms with E-state index >= 15 is 0 Å². The van der Waals surface area contributed by atoms with E-state index in [4.69, 9.17) is 0 Å². The summed E-state index contributed by atoms with van der Waals surface area (Å²) >= 11 is 3.49. The van der Waals surface area contributed by atoms with Crippen molar-refractivity contribution in [2.75, 3.05) is 19.0 Å². The second-order valence-corrected chi connectivity index (χ2v) is 6.37. The van der Waals surface area contributed by atoms with Crippen LogP contribution in [0.2, 0.25) is 0 Å². The summed E-state index contributed by atoms with van der Waals surface area (Å²) < 4.78 is 1.13. The fourth-order valence-corrected chi connectivity index (χ4v) is 2.61. The van der Waals surface area contributed by atoms with Gasteiger partial charge in [-0.25, -0.2) is 0 Å². The first kappa shape index (κ1) is 16.1. The van der Waals surface area contributed by atoms with E-state index in [0.717, 1.165) is 17.4 Å². The largest absolute Gasteiger partial charge is 0.378 e. The van der Waals surface area contributed by atoms with Crippen LogP contribution in [0.1, 0.15) is 30.5 Å². The van der Waals surface area contributed by atoms with Crippen molar-refractivity contribution in [3.8, 4) is 0 Å². The molecule has 0 aliphatic rings. The quantitative estimate of drug-likeness (QED) is 0.811. The monoisotopic (exact) mass is 346 g/mol. The summed E-state index contributed by atoms with van der Waals surface area (Å²) in [5.41, 5.74) is 3.89. The van der Waals surface area contributed by atoms with Crippen LogP contribution in [0.15, 0.2) is 53.0 Å². The molecule has 3 heteroatoms. The van der Waals surface area contributed by atoms with Gasteiger partial charge in [-0.15, -0.1) is 0 Å². The van der Waals surface area contributed by atoms with Crippen LogP contribution in [0.25, 0.3) is 0 Å². The molecule has 0 spiro atoms. The Morgan fingerprint density at radius 2 is 1.62 bits per heavy atom. The summed E-state index contributed by atoms with van der Waals surface area (Å²) in [4.78, 5) is 2.12. The summed E-state index contributed by atoms with van der Waals surface area (Å²) in [5.74, 6) is 0. The molecule has 2 rings (SSSR count). The molecule has 1 unspecified atom stereocenters. The molecule has 0 bridgehead atoms. The highest BCUT2D eigenvalue weighted by molar-refractivity contribution is 9.10. The van der Waals surface area contributed by atoms with Crippen LogP contribution >= 0.6 is 15.9 Å². The molecule has 2 aromatic rings. The van der Waals surface area contributed by atoms with Gasteiger partial charge in [0.25, 0.3) is 0 Å². The number of halogens is 1. The molecule has 0 fully saturated rings. The molecule has 0 radical (unpaired) electrons. The SMILES string of the molecule is CCC(NCc1ccc(N(C)C)cc1)c1ccc(Br)cc1. The van der Waals surface area contributed by atoms with Gasteiger partial charge in [-0.1, -0.05) is 47.1 Å². The minimum absolute atomic E-state index is 0.395. The standard InChI is InChI=1S/C18H23BrN2/c1-4-18(15-7-9-16(19)10-8-15)20-13-14-5-11-17(12-6-14)21(2)3/h5-12,18,20H,4,13H2,1-3H3. The van der Waals surface area contributed by atoms with E-state index in [0.29, 0.717) is 6.04 Å². The van der Waals surface area contributed by atoms with Crippen LogP contribution in [-0.2, 0) is 6.54 Å². The fraction of sp³-hybridized carbons (Fsp3) is 0.333. The summed E-state index contributed by atoms with van der Waals surface area (Å²) in [6.07, 6.45) is 1.08. The molecule has 21 heavy (non-hydrogen) atoms. The van der Waals surface area contributed by atoms with Gasteiger partial charge < -0.3 is 10.2 Å². The minimum Gasteiger partial charge on any atom is -0.378 e. The number of hydrogen-bond donors (Lipinski definition) is 1. The molecule has 2 nitrogen and oxygen atoms in total. The zero-order valence-electron chi connectivity index (χ0n) is 12.9. The Hall–Kier alpha value is -1.32. The lowest BCUT2D eigenvalue weighted by molar-refractivity contribution is 0.519. The Bertz CT molecular complexity index is 546. The molecule has 0 amide bonds. The molecule has 0 heterocycles. The third kappa shape index (κ3) is 4.58. The number of nitrogens with one attached hydrogen (secondary N) is 1. The van der Waals surface area contributed by atoms with Crippen molar-refractivity contribution < 1.29 is 0 Å². The maximum Gasteiger partial charge on any atom is 0.0361 e. The highest BCUT2D eigenvalue weighted by Crippen LogP contribution is 2.20. The lowest BCUT2D eigenvalue weighted by Gasteiger charge is -2.18. The molecule has 1 atom stereocenters. The maximum atomic E-state index is 3.64. The lowest BCUT2D eigenvalue weighted by atomic mass is 10.0. The molecule has 2 aromatic carbocycles. The van der Waals surface area contributed by atoms with Gasteiger partial charge in [0.05, 0.1) is 0 Å². The first-order valence-corrected chi connectivity index (χ1v) is 8.14. The minimum atomic E-state index is 0.395. The van der Waals surface area contributed by atoms with Gasteiger partial charge in [-0.05, 0) is 41.8 Å². The van der Waals surface area contributed by atoms with Gasteiger partial charge >= 0.3 is 0 Å². The molecule has 0 saturated carbocycles. The smallest absolute Gasteiger partial charge is 0.0361 e. The van der Waals surface area contributed by atoms with Crippen molar-refractivity contribution in [2.45, 2.75) is 25.9 Å². The summed E-state index contributed by atoms with van der Waals surface area (Å²) in [5, 5.41) is 3.64. The van der Waals surface area contributed by atoms with Crippen molar-refractivity contribution in [1.29, 1.82) is 0 Å². The summed E-state index contributed by atoms with van der Waals surface area (Å²) in [6.45, 7) is 3.11. The predicted octanol–water partition coefficient (Wildman–Crippen LogP) is 4.76. The van der Waals surface area contributed by atoms with Gasteiger partial charge in [-0.3, -0.25) is 0 Å². The van der Waals surface area contributed by atoms with Crippen LogP contribution in [0.4, 0.5) is 5.69 Å². The van der Waals surface area contributed by atoms with Gasteiger partial charge in [0, 0.05) is 36.8 Å². The number of rotatable bonds is 6. The highest BCUT2D eigenvalue weighted by Gasteiger charge is 2.08. The number of nitrogens with zero attached hydrogens (tertiary/aromatic N) is 1. The summed E-state index contributed by atoms with van der Waals surface area (Å²) in [7, 11) is 4.13. The predicted molar refractivity (Wildman–Crippen MR) is 94.8 cm³/mol. The van der Waals surface area contributed by atoms with Crippen molar-refractivity contribution in [1.82, 2.24) is 5.32 Å². The van der Waals surface area contributed by atoms with Crippen LogP contribution in [0, 0.1) is 0 Å². The van der Waals surface area contributed by atoms with Crippen LogP contribution in [-0.4, -0.2) is 14.1 Å². The van der Waals surface area contributed by atoms with E-state index in [1.54, 1.807) is 0 Å². The van der Waals surface area contributed by atoms with Gasteiger partial charge in [-0.2, -0.15) is 0 Å². The van der Waals surface area contributed by atoms with E-state index < -0.39 is 0 Å². The second kappa shape index (κ2) is 7.62. The Morgan fingerprint density at radius 3 is 2.14 bits per heavy atom. The van der Waals surface area contributed by atoms with Crippen molar-refractivity contribution in [2.24, 2.45) is 0 Å². The van der Waals surface area contributed by atoms with E-state index in [2.05, 4.69) is 95.7 Å². The van der Waals surface area contributed by atoms with Gasteiger partial charge in [0.1, 0.15) is 0 Å². The molecular formula is C18H23BrN2. The first-order chi connectivity index (χ1) is 10.1. The summed E-state index contributed by atoms with van der Waals surface area (Å²) in [6, 6.07) is 17.7. The zero-order valence-corrected chi connectivity index (χ0v) is 14.5. The van der Waals surface area contributed by atoms with Crippen molar-refractivity contribution in [3.05, 3.63) is 64.1 Å². The van der Waals surface area contributed by atoms with Gasteiger partial charge in [0.2, 0.25) is 0 Å². The fourth-order valence-electron chi connectivity index (χ4n) is 2.35. The van der Waals surface area contributed by atoms with E-state index in [9.17, 15) is 0 Å². The Balaban J connectivity index is 1.98. The second-order valence-electron chi connectivity index (χ2n) is 5.45. The lowest BCUT2D eigenvalue weighted by Crippen LogP contribution is -2.20. The Morgan fingerprint density at radius 1 is 1.00 bits per heavy atom. The number of anilines is 1. The molecule has 112 valence electrons. The van der Waals surface area contributed by atoms with Crippen LogP contribution in [0.3, 0.4) is 0 Å². The Labute approximate surface area is 136 Å². The highest BCUT2D eigenvalue weighted by atomic mass is 79.9. The molecular weight excluding hydrogens is 324 g/mol. The van der Waals surface area contributed by atoms with E-state index in [1.165, 1.54) is 16.8 Å². The number of benzene rings is 2. The zero-order chi connectivity index (χ0) is 15.2. The Kier molecular flexibility index (Phi) is 5.83. The number of hydrogen-bond acceptors (Lipinski definition) is 2. The molecule has 0 saturated heterocycles.